The van der Waals surface area contributed by atoms with E-state index < -0.39 is 0 Å². The number of fused-ring (bicyclic) bond motifs is 12. The number of rotatable bonds is 3. The van der Waals surface area contributed by atoms with E-state index in [1.165, 1.54) is 44.8 Å². The molecule has 0 amide bonds. The van der Waals surface area contributed by atoms with Crippen molar-refractivity contribution in [1.29, 1.82) is 0 Å². The minimum Gasteiger partial charge on any atom is -0.333 e. The third-order valence-electron chi connectivity index (χ3n) is 13.2. The van der Waals surface area contributed by atoms with Gasteiger partial charge in [0.25, 0.3) is 0 Å². The average Bonchev–Trinajstić information content (AvgIpc) is 3.75. The van der Waals surface area contributed by atoms with Gasteiger partial charge in [-0.05, 0) is 63.1 Å². The number of hydrogen-bond donors (Lipinski definition) is 0. The molecule has 256 valence electrons. The molecular weight excluding hydrogens is 643 g/mol. The standard InChI is InChI=1S/C50H41N3/c1-49(2)37-24-14-11-21-33(37)41-42-34-22-12-15-25-38(34)50(3,4)45(42)47-43(44(41)49)35-23-13-16-26-40(35)53(47)32-27-28-39-36(29-32)46(30-17-7-5-8-18-30)52-48(51-39)31-19-9-6-10-20-31/h5-29,41-42,45,47H,1-4H3. The fraction of sp³-hybridized carbons (Fsp3) is 0.200. The van der Waals surface area contributed by atoms with Crippen molar-refractivity contribution in [2.24, 2.45) is 5.92 Å². The smallest absolute Gasteiger partial charge is 0.160 e. The average molecular weight is 684 g/mol. The Labute approximate surface area is 311 Å². The summed E-state index contributed by atoms with van der Waals surface area (Å²) in [6.07, 6.45) is 0. The molecule has 0 N–H and O–H groups in total. The summed E-state index contributed by atoms with van der Waals surface area (Å²) < 4.78 is 0. The summed E-state index contributed by atoms with van der Waals surface area (Å²) in [5.41, 5.74) is 16.9. The Morgan fingerprint density at radius 2 is 1.23 bits per heavy atom. The third-order valence-corrected chi connectivity index (χ3v) is 13.2. The maximum absolute atomic E-state index is 5.28. The first-order valence-electron chi connectivity index (χ1n) is 19.1. The van der Waals surface area contributed by atoms with Crippen LogP contribution in [0.3, 0.4) is 0 Å². The second kappa shape index (κ2) is 10.9. The van der Waals surface area contributed by atoms with E-state index in [1.54, 1.807) is 5.57 Å². The summed E-state index contributed by atoms with van der Waals surface area (Å²) in [5, 5.41) is 1.07. The normalized spacial score (nSPS) is 22.5. The summed E-state index contributed by atoms with van der Waals surface area (Å²) in [6, 6.07) is 55.9. The monoisotopic (exact) mass is 683 g/mol. The molecule has 0 saturated carbocycles. The van der Waals surface area contributed by atoms with Crippen LogP contribution in [0, 0.1) is 5.92 Å². The summed E-state index contributed by atoms with van der Waals surface area (Å²) in [7, 11) is 0. The summed E-state index contributed by atoms with van der Waals surface area (Å²) in [5.74, 6) is 1.79. The molecule has 3 aliphatic carbocycles. The second-order valence-corrected chi connectivity index (χ2v) is 16.5. The highest BCUT2D eigenvalue weighted by Crippen LogP contribution is 2.71. The first kappa shape index (κ1) is 30.8. The molecule has 53 heavy (non-hydrogen) atoms. The molecule has 0 bridgehead atoms. The summed E-state index contributed by atoms with van der Waals surface area (Å²) in [4.78, 5) is 13.2. The Morgan fingerprint density at radius 3 is 2.00 bits per heavy atom. The van der Waals surface area contributed by atoms with Crippen molar-refractivity contribution in [2.75, 3.05) is 4.90 Å². The molecule has 4 atom stereocenters. The van der Waals surface area contributed by atoms with Crippen LogP contribution in [-0.2, 0) is 10.8 Å². The van der Waals surface area contributed by atoms with Gasteiger partial charge in [0.2, 0.25) is 0 Å². The number of hydrogen-bond acceptors (Lipinski definition) is 3. The molecule has 4 unspecified atom stereocenters. The lowest BCUT2D eigenvalue weighted by atomic mass is 9.59. The highest BCUT2D eigenvalue weighted by Gasteiger charge is 2.63. The topological polar surface area (TPSA) is 29.0 Å². The Kier molecular flexibility index (Phi) is 6.31. The molecule has 0 spiro atoms. The molecule has 7 aromatic rings. The third kappa shape index (κ3) is 4.11. The van der Waals surface area contributed by atoms with E-state index in [9.17, 15) is 0 Å². The van der Waals surface area contributed by atoms with Gasteiger partial charge in [0.15, 0.2) is 5.82 Å². The van der Waals surface area contributed by atoms with E-state index in [4.69, 9.17) is 9.97 Å². The number of aromatic nitrogens is 2. The molecule has 0 fully saturated rings. The number of nitrogens with zero attached hydrogens (tertiary/aromatic N) is 3. The van der Waals surface area contributed by atoms with Crippen LogP contribution in [-0.4, -0.2) is 16.0 Å². The van der Waals surface area contributed by atoms with Gasteiger partial charge in [0, 0.05) is 56.6 Å². The van der Waals surface area contributed by atoms with Crippen LogP contribution in [0.15, 0.2) is 157 Å². The lowest BCUT2D eigenvalue weighted by Gasteiger charge is -2.48. The molecule has 1 aliphatic heterocycles. The van der Waals surface area contributed by atoms with Crippen LogP contribution < -0.4 is 4.90 Å². The quantitative estimate of drug-likeness (QED) is 0.186. The zero-order chi connectivity index (χ0) is 35.6. The molecule has 3 nitrogen and oxygen atoms in total. The lowest BCUT2D eigenvalue weighted by Crippen LogP contribution is -2.48. The van der Waals surface area contributed by atoms with Crippen molar-refractivity contribution < 1.29 is 0 Å². The van der Waals surface area contributed by atoms with E-state index in [0.29, 0.717) is 17.8 Å². The van der Waals surface area contributed by atoms with Crippen molar-refractivity contribution in [3.63, 3.8) is 0 Å². The Balaban J connectivity index is 1.19. The largest absolute Gasteiger partial charge is 0.333 e. The van der Waals surface area contributed by atoms with Crippen molar-refractivity contribution in [2.45, 2.75) is 56.4 Å². The first-order chi connectivity index (χ1) is 25.8. The predicted molar refractivity (Wildman–Crippen MR) is 218 cm³/mol. The van der Waals surface area contributed by atoms with Gasteiger partial charge in [-0.15, -0.1) is 0 Å². The molecule has 0 radical (unpaired) electrons. The first-order valence-corrected chi connectivity index (χ1v) is 19.1. The predicted octanol–water partition coefficient (Wildman–Crippen LogP) is 12.0. The van der Waals surface area contributed by atoms with Gasteiger partial charge in [0.1, 0.15) is 0 Å². The molecule has 1 aromatic heterocycles. The van der Waals surface area contributed by atoms with Crippen molar-refractivity contribution >= 4 is 27.9 Å². The van der Waals surface area contributed by atoms with E-state index in [0.717, 1.165) is 33.5 Å². The molecular formula is C50H41N3. The maximum atomic E-state index is 5.28. The van der Waals surface area contributed by atoms with Crippen LogP contribution in [0.5, 0.6) is 0 Å². The fourth-order valence-corrected chi connectivity index (χ4v) is 11.2. The van der Waals surface area contributed by atoms with E-state index in [1.807, 2.05) is 6.07 Å². The van der Waals surface area contributed by atoms with E-state index in [2.05, 4.69) is 178 Å². The van der Waals surface area contributed by atoms with Crippen LogP contribution in [0.4, 0.5) is 11.4 Å². The number of anilines is 2. The highest BCUT2D eigenvalue weighted by molar-refractivity contribution is 6.01. The minimum absolute atomic E-state index is 0.0512. The number of allylic oxidation sites excluding steroid dienone is 1. The SMILES string of the molecule is CC1(C)C2=C3c4ccccc4N(c4ccc5nc(-c6ccccc6)nc(-c6ccccc6)c5c4)C3C3C(c4ccccc4C3(C)C)C2c2ccccc21. The van der Waals surface area contributed by atoms with Gasteiger partial charge in [-0.25, -0.2) is 9.97 Å². The van der Waals surface area contributed by atoms with Gasteiger partial charge in [-0.2, -0.15) is 0 Å². The van der Waals surface area contributed by atoms with Crippen LogP contribution in [0.1, 0.15) is 67.3 Å². The van der Waals surface area contributed by atoms with Crippen LogP contribution in [0.2, 0.25) is 0 Å². The zero-order valence-corrected chi connectivity index (χ0v) is 30.6. The Hall–Kier alpha value is -5.80. The molecule has 11 rings (SSSR count). The molecule has 6 aromatic carbocycles. The van der Waals surface area contributed by atoms with Crippen LogP contribution in [0.25, 0.3) is 39.1 Å². The Bertz CT molecular complexity index is 2650. The molecule has 4 aliphatic rings. The molecule has 2 heterocycles. The summed E-state index contributed by atoms with van der Waals surface area (Å²) in [6.45, 7) is 9.98. The van der Waals surface area contributed by atoms with Crippen molar-refractivity contribution in [3.8, 4) is 22.6 Å². The molecule has 3 heteroatoms. The van der Waals surface area contributed by atoms with Gasteiger partial charge in [-0.1, -0.05) is 155 Å². The highest BCUT2D eigenvalue weighted by atomic mass is 15.2. The number of benzene rings is 6. The van der Waals surface area contributed by atoms with Gasteiger partial charge < -0.3 is 4.90 Å². The molecule has 0 saturated heterocycles. The van der Waals surface area contributed by atoms with Gasteiger partial charge in [-0.3, -0.25) is 0 Å². The summed E-state index contributed by atoms with van der Waals surface area (Å²) >= 11 is 0. The zero-order valence-electron chi connectivity index (χ0n) is 30.6. The van der Waals surface area contributed by atoms with E-state index >= 15 is 0 Å². The lowest BCUT2D eigenvalue weighted by molar-refractivity contribution is 0.255. The van der Waals surface area contributed by atoms with Gasteiger partial charge >= 0.3 is 0 Å². The maximum Gasteiger partial charge on any atom is 0.160 e. The Morgan fingerprint density at radius 1 is 0.585 bits per heavy atom. The van der Waals surface area contributed by atoms with E-state index in [-0.39, 0.29) is 16.9 Å². The number of para-hydroxylation sites is 1. The minimum atomic E-state index is -0.101. The van der Waals surface area contributed by atoms with Crippen molar-refractivity contribution in [3.05, 3.63) is 185 Å². The fourth-order valence-electron chi connectivity index (χ4n) is 11.2. The second-order valence-electron chi connectivity index (χ2n) is 16.5. The van der Waals surface area contributed by atoms with Crippen LogP contribution >= 0.6 is 0 Å². The van der Waals surface area contributed by atoms with Crippen molar-refractivity contribution in [1.82, 2.24) is 9.97 Å². The van der Waals surface area contributed by atoms with Gasteiger partial charge in [0.05, 0.1) is 17.3 Å².